The zero-order chi connectivity index (χ0) is 16.5. The first-order chi connectivity index (χ1) is 10.2. The van der Waals surface area contributed by atoms with Gasteiger partial charge in [0.2, 0.25) is 10.0 Å². The summed E-state index contributed by atoms with van der Waals surface area (Å²) in [6, 6.07) is 3.32. The Bertz CT molecular complexity index is 803. The second-order valence-electron chi connectivity index (χ2n) is 4.28. The van der Waals surface area contributed by atoms with Gasteiger partial charge in [0.1, 0.15) is 16.5 Å². The van der Waals surface area contributed by atoms with E-state index < -0.39 is 50.5 Å². The molecule has 2 aromatic carbocycles. The van der Waals surface area contributed by atoms with Gasteiger partial charge in [-0.3, -0.25) is 0 Å². The Labute approximate surface area is 122 Å². The third kappa shape index (κ3) is 3.42. The molecule has 0 aliphatic rings. The van der Waals surface area contributed by atoms with E-state index in [1.807, 2.05) is 4.72 Å². The first-order valence-electron chi connectivity index (χ1n) is 5.79. The highest BCUT2D eigenvalue weighted by Crippen LogP contribution is 2.20. The fourth-order valence-electron chi connectivity index (χ4n) is 1.68. The van der Waals surface area contributed by atoms with Gasteiger partial charge in [-0.15, -0.1) is 0 Å². The van der Waals surface area contributed by atoms with Crippen LogP contribution in [0.25, 0.3) is 0 Å². The quantitative estimate of drug-likeness (QED) is 0.689. The van der Waals surface area contributed by atoms with Crippen molar-refractivity contribution < 1.29 is 30.4 Å². The standard InChI is InChI=1S/C13H8F5NO2S/c14-8-3-7(4-9(15)5-8)6-19-22(20,21)11-2-1-10(16)12(17)13(11)18/h1-5,19H,6H2. The number of hydrogen-bond donors (Lipinski definition) is 1. The molecule has 0 amide bonds. The Morgan fingerprint density at radius 3 is 2.05 bits per heavy atom. The van der Waals surface area contributed by atoms with Crippen LogP contribution in [0.5, 0.6) is 0 Å². The van der Waals surface area contributed by atoms with Crippen LogP contribution in [-0.2, 0) is 16.6 Å². The number of hydrogen-bond acceptors (Lipinski definition) is 2. The summed E-state index contributed by atoms with van der Waals surface area (Å²) in [6.45, 7) is -0.560. The number of nitrogens with one attached hydrogen (secondary N) is 1. The van der Waals surface area contributed by atoms with Crippen LogP contribution >= 0.6 is 0 Å². The molecule has 0 saturated heterocycles. The molecule has 0 radical (unpaired) electrons. The van der Waals surface area contributed by atoms with Gasteiger partial charge in [-0.05, 0) is 29.8 Å². The highest BCUT2D eigenvalue weighted by molar-refractivity contribution is 7.89. The maximum absolute atomic E-state index is 13.5. The maximum atomic E-state index is 13.5. The molecule has 118 valence electrons. The largest absolute Gasteiger partial charge is 0.243 e. The van der Waals surface area contributed by atoms with Crippen LogP contribution in [0.4, 0.5) is 22.0 Å². The minimum Gasteiger partial charge on any atom is -0.207 e. The number of sulfonamides is 1. The fraction of sp³-hybridized carbons (Fsp3) is 0.0769. The molecular weight excluding hydrogens is 329 g/mol. The smallest absolute Gasteiger partial charge is 0.207 e. The molecule has 0 fully saturated rings. The van der Waals surface area contributed by atoms with Gasteiger partial charge in [0.05, 0.1) is 0 Å². The van der Waals surface area contributed by atoms with Crippen LogP contribution in [0.1, 0.15) is 5.56 Å². The van der Waals surface area contributed by atoms with Crippen molar-refractivity contribution in [3.8, 4) is 0 Å². The Morgan fingerprint density at radius 2 is 1.45 bits per heavy atom. The van der Waals surface area contributed by atoms with Crippen molar-refractivity contribution in [2.75, 3.05) is 0 Å². The minimum absolute atomic E-state index is 0.0657. The first kappa shape index (κ1) is 16.4. The van der Waals surface area contributed by atoms with Crippen molar-refractivity contribution in [3.63, 3.8) is 0 Å². The molecular formula is C13H8F5NO2S. The van der Waals surface area contributed by atoms with E-state index in [-0.39, 0.29) is 5.56 Å². The van der Waals surface area contributed by atoms with Gasteiger partial charge in [-0.2, -0.15) is 0 Å². The van der Waals surface area contributed by atoms with Gasteiger partial charge in [0, 0.05) is 12.6 Å². The van der Waals surface area contributed by atoms with Gasteiger partial charge in [0.15, 0.2) is 17.5 Å². The topological polar surface area (TPSA) is 46.2 Å². The van der Waals surface area contributed by atoms with E-state index in [9.17, 15) is 30.4 Å². The molecule has 0 atom stereocenters. The number of rotatable bonds is 4. The van der Waals surface area contributed by atoms with E-state index in [0.29, 0.717) is 18.2 Å². The lowest BCUT2D eigenvalue weighted by atomic mass is 10.2. The van der Waals surface area contributed by atoms with Gasteiger partial charge >= 0.3 is 0 Å². The Hall–Kier alpha value is -2.00. The molecule has 0 bridgehead atoms. The third-order valence-corrected chi connectivity index (χ3v) is 4.10. The molecule has 0 aliphatic carbocycles. The SMILES string of the molecule is O=S(=O)(NCc1cc(F)cc(F)c1)c1ccc(F)c(F)c1F. The molecule has 0 saturated carbocycles. The van der Waals surface area contributed by atoms with Gasteiger partial charge in [0.25, 0.3) is 0 Å². The van der Waals surface area contributed by atoms with Gasteiger partial charge < -0.3 is 0 Å². The van der Waals surface area contributed by atoms with Crippen molar-refractivity contribution in [1.29, 1.82) is 0 Å². The average molecular weight is 337 g/mol. The monoisotopic (exact) mass is 337 g/mol. The first-order valence-corrected chi connectivity index (χ1v) is 7.27. The highest BCUT2D eigenvalue weighted by Gasteiger charge is 2.23. The molecule has 2 rings (SSSR count). The predicted octanol–water partition coefficient (Wildman–Crippen LogP) is 2.86. The van der Waals surface area contributed by atoms with Crippen molar-refractivity contribution in [2.24, 2.45) is 0 Å². The summed E-state index contributed by atoms with van der Waals surface area (Å²) in [4.78, 5) is -1.11. The Balaban J connectivity index is 2.27. The zero-order valence-corrected chi connectivity index (χ0v) is 11.5. The molecule has 2 aromatic rings. The zero-order valence-electron chi connectivity index (χ0n) is 10.7. The molecule has 9 heteroatoms. The van der Waals surface area contributed by atoms with Gasteiger partial charge in [-0.1, -0.05) is 0 Å². The van der Waals surface area contributed by atoms with Crippen LogP contribution < -0.4 is 4.72 Å². The lowest BCUT2D eigenvalue weighted by Crippen LogP contribution is -2.25. The van der Waals surface area contributed by atoms with E-state index in [1.165, 1.54) is 0 Å². The summed E-state index contributed by atoms with van der Waals surface area (Å²) >= 11 is 0. The summed E-state index contributed by atoms with van der Waals surface area (Å²) in [5, 5.41) is 0. The fourth-order valence-corrected chi connectivity index (χ4v) is 2.77. The van der Waals surface area contributed by atoms with Crippen LogP contribution in [-0.4, -0.2) is 8.42 Å². The Morgan fingerprint density at radius 1 is 0.864 bits per heavy atom. The van der Waals surface area contributed by atoms with Crippen LogP contribution in [0, 0.1) is 29.1 Å². The van der Waals surface area contributed by atoms with E-state index in [4.69, 9.17) is 0 Å². The second-order valence-corrected chi connectivity index (χ2v) is 6.01. The predicted molar refractivity (Wildman–Crippen MR) is 66.7 cm³/mol. The van der Waals surface area contributed by atoms with E-state index >= 15 is 0 Å². The third-order valence-electron chi connectivity index (χ3n) is 2.68. The van der Waals surface area contributed by atoms with Crippen LogP contribution in [0.2, 0.25) is 0 Å². The molecule has 3 nitrogen and oxygen atoms in total. The summed E-state index contributed by atoms with van der Waals surface area (Å²) in [5.41, 5.74) is -0.0657. The number of halogens is 5. The summed E-state index contributed by atoms with van der Waals surface area (Å²) < 4.78 is 90.7. The van der Waals surface area contributed by atoms with Crippen molar-refractivity contribution in [2.45, 2.75) is 11.4 Å². The second kappa shape index (κ2) is 6.01. The molecule has 22 heavy (non-hydrogen) atoms. The number of benzene rings is 2. The van der Waals surface area contributed by atoms with Crippen molar-refractivity contribution >= 4 is 10.0 Å². The lowest BCUT2D eigenvalue weighted by Gasteiger charge is -2.09. The van der Waals surface area contributed by atoms with E-state index in [2.05, 4.69) is 0 Å². The molecule has 0 unspecified atom stereocenters. The molecule has 0 aliphatic heterocycles. The minimum atomic E-state index is -4.53. The molecule has 0 heterocycles. The summed E-state index contributed by atoms with van der Waals surface area (Å²) in [5.74, 6) is -7.19. The summed E-state index contributed by atoms with van der Waals surface area (Å²) in [6.07, 6.45) is 0. The van der Waals surface area contributed by atoms with Crippen molar-refractivity contribution in [3.05, 3.63) is 65.0 Å². The molecule has 1 N–H and O–H groups in total. The van der Waals surface area contributed by atoms with E-state index in [1.54, 1.807) is 0 Å². The average Bonchev–Trinajstić information content (AvgIpc) is 2.41. The van der Waals surface area contributed by atoms with E-state index in [0.717, 1.165) is 12.1 Å². The van der Waals surface area contributed by atoms with Gasteiger partial charge in [-0.25, -0.2) is 35.1 Å². The van der Waals surface area contributed by atoms with Crippen molar-refractivity contribution in [1.82, 2.24) is 4.72 Å². The summed E-state index contributed by atoms with van der Waals surface area (Å²) in [7, 11) is -4.53. The van der Waals surface area contributed by atoms with Crippen LogP contribution in [0.3, 0.4) is 0 Å². The normalized spacial score (nSPS) is 11.7. The lowest BCUT2D eigenvalue weighted by molar-refractivity contribution is 0.431. The highest BCUT2D eigenvalue weighted by atomic mass is 32.2. The van der Waals surface area contributed by atoms with Crippen LogP contribution in [0.15, 0.2) is 35.2 Å². The maximum Gasteiger partial charge on any atom is 0.243 e. The molecule has 0 aromatic heterocycles. The Kier molecular flexibility index (Phi) is 4.47. The molecule has 0 spiro atoms.